The zero-order valence-electron chi connectivity index (χ0n) is 12.3. The number of aromatic nitrogens is 1. The van der Waals surface area contributed by atoms with Gasteiger partial charge in [-0.25, -0.2) is 0 Å². The van der Waals surface area contributed by atoms with Gasteiger partial charge in [-0.3, -0.25) is 9.59 Å². The minimum Gasteiger partial charge on any atom is -0.370 e. The highest BCUT2D eigenvalue weighted by atomic mass is 79.9. The third-order valence-corrected chi connectivity index (χ3v) is 4.37. The first-order valence-electron chi connectivity index (χ1n) is 7.44. The molecular formula is C15H22BrN3O2. The molecule has 1 aromatic heterocycles. The van der Waals surface area contributed by atoms with Crippen LogP contribution < -0.4 is 5.73 Å². The Morgan fingerprint density at radius 2 is 2.05 bits per heavy atom. The van der Waals surface area contributed by atoms with E-state index in [1.807, 2.05) is 21.7 Å². The van der Waals surface area contributed by atoms with Gasteiger partial charge in [-0.15, -0.1) is 0 Å². The average molecular weight is 356 g/mol. The van der Waals surface area contributed by atoms with E-state index < -0.39 is 0 Å². The van der Waals surface area contributed by atoms with Crippen molar-refractivity contribution in [2.24, 2.45) is 11.7 Å². The Morgan fingerprint density at radius 3 is 2.62 bits per heavy atom. The molecule has 0 bridgehead atoms. The van der Waals surface area contributed by atoms with Gasteiger partial charge >= 0.3 is 0 Å². The Balaban J connectivity index is 2.00. The largest absolute Gasteiger partial charge is 0.370 e. The van der Waals surface area contributed by atoms with Crippen molar-refractivity contribution in [3.8, 4) is 0 Å². The predicted molar refractivity (Wildman–Crippen MR) is 84.9 cm³/mol. The fraction of sp³-hybridized carbons (Fsp3) is 0.600. The van der Waals surface area contributed by atoms with Crippen LogP contribution >= 0.6 is 15.9 Å². The number of hydrogen-bond donors (Lipinski definition) is 1. The van der Waals surface area contributed by atoms with Crippen molar-refractivity contribution in [3.63, 3.8) is 0 Å². The molecule has 1 saturated heterocycles. The Bertz CT molecular complexity index is 519. The molecule has 2 amide bonds. The van der Waals surface area contributed by atoms with Crippen molar-refractivity contribution in [1.82, 2.24) is 9.47 Å². The zero-order valence-corrected chi connectivity index (χ0v) is 13.9. The van der Waals surface area contributed by atoms with Crippen molar-refractivity contribution < 1.29 is 9.59 Å². The lowest BCUT2D eigenvalue weighted by atomic mass is 9.93. The van der Waals surface area contributed by atoms with Crippen molar-refractivity contribution >= 4 is 27.7 Å². The number of likely N-dealkylation sites (tertiary alicyclic amines) is 1. The van der Waals surface area contributed by atoms with Gasteiger partial charge in [-0.05, 0) is 47.2 Å². The van der Waals surface area contributed by atoms with Crippen molar-refractivity contribution in [2.75, 3.05) is 13.1 Å². The minimum absolute atomic E-state index is 0.0756. The molecule has 5 nitrogen and oxygen atoms in total. The monoisotopic (exact) mass is 355 g/mol. The first kappa shape index (κ1) is 16.1. The summed E-state index contributed by atoms with van der Waals surface area (Å²) < 4.78 is 2.94. The second kappa shape index (κ2) is 7.11. The molecule has 2 N–H and O–H groups in total. The molecular weight excluding hydrogens is 334 g/mol. The molecule has 0 unspecified atom stereocenters. The van der Waals surface area contributed by atoms with Gasteiger partial charge in [0.1, 0.15) is 5.69 Å². The molecule has 1 fully saturated rings. The first-order valence-corrected chi connectivity index (χ1v) is 8.23. The summed E-state index contributed by atoms with van der Waals surface area (Å²) in [5.41, 5.74) is 5.97. The van der Waals surface area contributed by atoms with Crippen LogP contribution in [0.5, 0.6) is 0 Å². The Kier molecular flexibility index (Phi) is 5.45. The first-order chi connectivity index (χ1) is 10.0. The number of primary amides is 1. The third kappa shape index (κ3) is 4.09. The number of halogens is 1. The molecule has 0 saturated carbocycles. The van der Waals surface area contributed by atoms with Crippen LogP contribution in [0.4, 0.5) is 0 Å². The number of nitrogens with zero attached hydrogens (tertiary/aromatic N) is 2. The van der Waals surface area contributed by atoms with Crippen LogP contribution in [0, 0.1) is 5.92 Å². The predicted octanol–water partition coefficient (Wildman–Crippen LogP) is 2.39. The highest BCUT2D eigenvalue weighted by Gasteiger charge is 2.26. The lowest BCUT2D eigenvalue weighted by Crippen LogP contribution is -2.40. The smallest absolute Gasteiger partial charge is 0.270 e. The average Bonchev–Trinajstić information content (AvgIpc) is 2.79. The lowest BCUT2D eigenvalue weighted by Gasteiger charge is -2.31. The van der Waals surface area contributed by atoms with E-state index in [0.717, 1.165) is 36.0 Å². The van der Waals surface area contributed by atoms with Crippen LogP contribution in [0.25, 0.3) is 0 Å². The Hall–Kier alpha value is -1.30. The summed E-state index contributed by atoms with van der Waals surface area (Å²) in [4.78, 5) is 25.5. The molecule has 0 aliphatic carbocycles. The zero-order chi connectivity index (χ0) is 15.4. The Morgan fingerprint density at radius 1 is 1.38 bits per heavy atom. The number of aryl methyl sites for hydroxylation is 1. The van der Waals surface area contributed by atoms with Gasteiger partial charge in [0.2, 0.25) is 5.91 Å². The van der Waals surface area contributed by atoms with Gasteiger partial charge in [0.05, 0.1) is 0 Å². The minimum atomic E-state index is -0.250. The number of hydrogen-bond acceptors (Lipinski definition) is 2. The van der Waals surface area contributed by atoms with E-state index in [2.05, 4.69) is 22.9 Å². The SMILES string of the molecule is CCCn1cc(Br)cc1C(=O)N1CCC(CC(N)=O)CC1. The number of carbonyl (C=O) groups excluding carboxylic acids is 2. The number of nitrogens with two attached hydrogens (primary N) is 1. The molecule has 0 radical (unpaired) electrons. The molecule has 116 valence electrons. The summed E-state index contributed by atoms with van der Waals surface area (Å²) >= 11 is 3.44. The summed E-state index contributed by atoms with van der Waals surface area (Å²) in [6.07, 6.45) is 5.08. The van der Waals surface area contributed by atoms with E-state index in [9.17, 15) is 9.59 Å². The second-order valence-corrected chi connectivity index (χ2v) is 6.56. The van der Waals surface area contributed by atoms with Gasteiger partial charge in [-0.2, -0.15) is 0 Å². The fourth-order valence-electron chi connectivity index (χ4n) is 2.87. The third-order valence-electron chi connectivity index (χ3n) is 3.94. The van der Waals surface area contributed by atoms with Crippen LogP contribution in [-0.4, -0.2) is 34.4 Å². The molecule has 2 rings (SSSR count). The van der Waals surface area contributed by atoms with Gasteiger partial charge in [0.25, 0.3) is 5.91 Å². The summed E-state index contributed by atoms with van der Waals surface area (Å²) in [7, 11) is 0. The van der Waals surface area contributed by atoms with Gasteiger partial charge in [-0.1, -0.05) is 6.92 Å². The van der Waals surface area contributed by atoms with Gasteiger partial charge < -0.3 is 15.2 Å². The summed E-state index contributed by atoms with van der Waals surface area (Å²) in [6, 6.07) is 1.88. The maximum Gasteiger partial charge on any atom is 0.270 e. The standard InChI is InChI=1S/C15H22BrN3O2/c1-2-5-19-10-12(16)9-13(19)15(21)18-6-3-11(4-7-18)8-14(17)20/h9-11H,2-8H2,1H3,(H2,17,20). The van der Waals surface area contributed by atoms with Gasteiger partial charge in [0.15, 0.2) is 0 Å². The molecule has 0 atom stereocenters. The molecule has 1 aliphatic rings. The molecule has 6 heteroatoms. The molecule has 0 spiro atoms. The van der Waals surface area contributed by atoms with Crippen LogP contribution in [0.15, 0.2) is 16.7 Å². The topological polar surface area (TPSA) is 68.3 Å². The molecule has 0 aromatic carbocycles. The number of rotatable bonds is 5. The number of carbonyl (C=O) groups is 2. The lowest BCUT2D eigenvalue weighted by molar-refractivity contribution is -0.119. The van der Waals surface area contributed by atoms with Crippen LogP contribution in [0.3, 0.4) is 0 Å². The number of amides is 2. The quantitative estimate of drug-likeness (QED) is 0.880. The molecule has 21 heavy (non-hydrogen) atoms. The van der Waals surface area contributed by atoms with Crippen LogP contribution in [-0.2, 0) is 11.3 Å². The van der Waals surface area contributed by atoms with Crippen molar-refractivity contribution in [1.29, 1.82) is 0 Å². The molecule has 1 aliphatic heterocycles. The molecule has 1 aromatic rings. The Labute approximate surface area is 133 Å². The van der Waals surface area contributed by atoms with E-state index in [1.165, 1.54) is 0 Å². The summed E-state index contributed by atoms with van der Waals surface area (Å²) in [5, 5.41) is 0. The normalized spacial score (nSPS) is 16.2. The summed E-state index contributed by atoms with van der Waals surface area (Å²) in [6.45, 7) is 4.33. The van der Waals surface area contributed by atoms with Crippen LogP contribution in [0.1, 0.15) is 43.1 Å². The maximum absolute atomic E-state index is 12.6. The summed E-state index contributed by atoms with van der Waals surface area (Å²) in [5.74, 6) is 0.146. The van der Waals surface area contributed by atoms with E-state index in [4.69, 9.17) is 5.73 Å². The second-order valence-electron chi connectivity index (χ2n) is 5.64. The van der Waals surface area contributed by atoms with E-state index in [-0.39, 0.29) is 11.8 Å². The van der Waals surface area contributed by atoms with E-state index in [0.29, 0.717) is 25.4 Å². The maximum atomic E-state index is 12.6. The van der Waals surface area contributed by atoms with Crippen molar-refractivity contribution in [2.45, 2.75) is 39.2 Å². The molecule has 2 heterocycles. The van der Waals surface area contributed by atoms with E-state index >= 15 is 0 Å². The van der Waals surface area contributed by atoms with Crippen molar-refractivity contribution in [3.05, 3.63) is 22.4 Å². The fourth-order valence-corrected chi connectivity index (χ4v) is 3.33. The van der Waals surface area contributed by atoms with E-state index in [1.54, 1.807) is 0 Å². The highest BCUT2D eigenvalue weighted by Crippen LogP contribution is 2.23. The van der Waals surface area contributed by atoms with Gasteiger partial charge in [0, 0.05) is 36.7 Å². The highest BCUT2D eigenvalue weighted by molar-refractivity contribution is 9.10. The number of piperidine rings is 1. The van der Waals surface area contributed by atoms with Crippen LogP contribution in [0.2, 0.25) is 0 Å².